The van der Waals surface area contributed by atoms with Crippen LogP contribution in [0.3, 0.4) is 0 Å². The Hall–Kier alpha value is -2.73. The third-order valence-corrected chi connectivity index (χ3v) is 4.81. The number of carbonyl (C=O) groups is 2. The lowest BCUT2D eigenvalue weighted by Crippen LogP contribution is -2.39. The topological polar surface area (TPSA) is 62.7 Å². The molecule has 1 aromatic carbocycles. The van der Waals surface area contributed by atoms with Crippen LogP contribution in [-0.2, 0) is 14.4 Å². The van der Waals surface area contributed by atoms with Crippen LogP contribution in [0.5, 0.6) is 0 Å². The van der Waals surface area contributed by atoms with E-state index in [0.717, 1.165) is 11.3 Å². The van der Waals surface area contributed by atoms with Crippen LogP contribution in [0.15, 0.2) is 54.9 Å². The van der Waals surface area contributed by atoms with Crippen LogP contribution < -0.4 is 5.06 Å². The summed E-state index contributed by atoms with van der Waals surface area (Å²) < 4.78 is 0. The van der Waals surface area contributed by atoms with Crippen molar-refractivity contribution in [2.24, 2.45) is 11.8 Å². The molecule has 2 fully saturated rings. The molecule has 2 saturated heterocycles. The zero-order valence-corrected chi connectivity index (χ0v) is 14.8. The van der Waals surface area contributed by atoms with Crippen molar-refractivity contribution < 1.29 is 14.4 Å². The maximum Gasteiger partial charge on any atom is 0.262 e. The molecule has 0 N–H and O–H groups in total. The second-order valence-corrected chi connectivity index (χ2v) is 7.12. The number of hydrogen-bond acceptors (Lipinski definition) is 5. The highest BCUT2D eigenvalue weighted by molar-refractivity contribution is 6.07. The fourth-order valence-corrected chi connectivity index (χ4v) is 3.72. The molecular weight excluding hydrogens is 330 g/mol. The summed E-state index contributed by atoms with van der Waals surface area (Å²) in [7, 11) is 0. The third-order valence-electron chi connectivity index (χ3n) is 4.81. The second-order valence-electron chi connectivity index (χ2n) is 7.12. The van der Waals surface area contributed by atoms with Crippen molar-refractivity contribution in [2.75, 3.05) is 11.6 Å². The third kappa shape index (κ3) is 2.66. The fourth-order valence-electron chi connectivity index (χ4n) is 3.72. The fraction of sp³-hybridized carbons (Fsp3) is 0.350. The van der Waals surface area contributed by atoms with Gasteiger partial charge in [0.05, 0.1) is 11.7 Å². The van der Waals surface area contributed by atoms with Gasteiger partial charge in [-0.05, 0) is 35.7 Å². The van der Waals surface area contributed by atoms with E-state index in [1.54, 1.807) is 17.5 Å². The van der Waals surface area contributed by atoms with Gasteiger partial charge >= 0.3 is 0 Å². The van der Waals surface area contributed by atoms with Gasteiger partial charge in [-0.25, -0.2) is 5.06 Å². The summed E-state index contributed by atoms with van der Waals surface area (Å²) in [6.07, 6.45) is 2.61. The summed E-state index contributed by atoms with van der Waals surface area (Å²) in [4.78, 5) is 37.4. The number of rotatable bonds is 4. The number of likely N-dealkylation sites (tertiary alicyclic amines) is 1. The summed E-state index contributed by atoms with van der Waals surface area (Å²) in [5.41, 5.74) is 1.73. The van der Waals surface area contributed by atoms with Gasteiger partial charge in [-0.1, -0.05) is 32.0 Å². The normalized spacial score (nSPS) is 25.3. The van der Waals surface area contributed by atoms with Crippen molar-refractivity contribution in [3.63, 3.8) is 0 Å². The molecule has 2 aromatic rings. The molecule has 2 aliphatic rings. The molecule has 6 heteroatoms. The van der Waals surface area contributed by atoms with Crippen LogP contribution in [0.1, 0.15) is 25.5 Å². The smallest absolute Gasteiger partial charge is 0.262 e. The Kier molecular flexibility index (Phi) is 4.20. The molecular formula is C20H21N3O3. The molecule has 0 unspecified atom stereocenters. The molecule has 3 heterocycles. The number of imide groups is 1. The maximum atomic E-state index is 13.1. The van der Waals surface area contributed by atoms with Crippen LogP contribution in [0.4, 0.5) is 5.69 Å². The molecule has 2 aliphatic heterocycles. The van der Waals surface area contributed by atoms with E-state index in [1.165, 1.54) is 4.90 Å². The maximum absolute atomic E-state index is 13.1. The molecule has 3 atom stereocenters. The minimum absolute atomic E-state index is 0.158. The Balaban J connectivity index is 1.75. The molecule has 0 bridgehead atoms. The van der Waals surface area contributed by atoms with Gasteiger partial charge in [0.1, 0.15) is 5.92 Å². The predicted octanol–water partition coefficient (Wildman–Crippen LogP) is 2.58. The summed E-state index contributed by atoms with van der Waals surface area (Å²) in [5.74, 6) is -0.740. The number of fused-ring (bicyclic) bond motifs is 1. The molecule has 2 amide bonds. The molecule has 0 aliphatic carbocycles. The van der Waals surface area contributed by atoms with Crippen LogP contribution >= 0.6 is 0 Å². The highest BCUT2D eigenvalue weighted by Gasteiger charge is 2.59. The second kappa shape index (κ2) is 6.53. The Morgan fingerprint density at radius 1 is 1.04 bits per heavy atom. The van der Waals surface area contributed by atoms with Crippen LogP contribution in [0.25, 0.3) is 0 Å². The lowest BCUT2D eigenvalue weighted by molar-refractivity contribution is -0.143. The number of carbonyl (C=O) groups excluding carboxylic acids is 2. The van der Waals surface area contributed by atoms with Crippen molar-refractivity contribution in [1.82, 2.24) is 9.88 Å². The van der Waals surface area contributed by atoms with Gasteiger partial charge in [0.15, 0.2) is 6.10 Å². The largest absolute Gasteiger partial charge is 0.280 e. The van der Waals surface area contributed by atoms with Crippen molar-refractivity contribution >= 4 is 17.5 Å². The predicted molar refractivity (Wildman–Crippen MR) is 95.8 cm³/mol. The van der Waals surface area contributed by atoms with Gasteiger partial charge in [0.2, 0.25) is 5.91 Å². The summed E-state index contributed by atoms with van der Waals surface area (Å²) in [5, 5.41) is 1.70. The van der Waals surface area contributed by atoms with Crippen LogP contribution in [0.2, 0.25) is 0 Å². The molecule has 26 heavy (non-hydrogen) atoms. The zero-order chi connectivity index (χ0) is 18.3. The van der Waals surface area contributed by atoms with Crippen molar-refractivity contribution in [3.8, 4) is 0 Å². The van der Waals surface area contributed by atoms with E-state index in [2.05, 4.69) is 4.98 Å². The highest BCUT2D eigenvalue weighted by atomic mass is 16.7. The van der Waals surface area contributed by atoms with E-state index >= 15 is 0 Å². The number of pyridine rings is 1. The molecule has 1 aromatic heterocycles. The molecule has 6 nitrogen and oxygen atoms in total. The summed E-state index contributed by atoms with van der Waals surface area (Å²) in [6, 6.07) is 12.9. The first-order chi connectivity index (χ1) is 12.6. The first-order valence-corrected chi connectivity index (χ1v) is 8.84. The van der Waals surface area contributed by atoms with Gasteiger partial charge in [0.25, 0.3) is 5.91 Å². The first-order valence-electron chi connectivity index (χ1n) is 8.84. The number of para-hydroxylation sites is 1. The lowest BCUT2D eigenvalue weighted by atomic mass is 9.91. The quantitative estimate of drug-likeness (QED) is 0.793. The number of anilines is 1. The monoisotopic (exact) mass is 351 g/mol. The summed E-state index contributed by atoms with van der Waals surface area (Å²) in [6.45, 7) is 4.40. The molecule has 134 valence electrons. The number of hydroxylamine groups is 1. The van der Waals surface area contributed by atoms with Gasteiger partial charge in [-0.2, -0.15) is 0 Å². The number of benzene rings is 1. The van der Waals surface area contributed by atoms with Crippen molar-refractivity contribution in [2.45, 2.75) is 26.0 Å². The van der Waals surface area contributed by atoms with E-state index in [4.69, 9.17) is 4.84 Å². The van der Waals surface area contributed by atoms with E-state index in [-0.39, 0.29) is 23.8 Å². The molecule has 0 spiro atoms. The lowest BCUT2D eigenvalue weighted by Gasteiger charge is -2.29. The van der Waals surface area contributed by atoms with E-state index in [9.17, 15) is 9.59 Å². The summed E-state index contributed by atoms with van der Waals surface area (Å²) >= 11 is 0. The van der Waals surface area contributed by atoms with Crippen LogP contribution in [-0.4, -0.2) is 34.3 Å². The van der Waals surface area contributed by atoms with Gasteiger partial charge < -0.3 is 0 Å². The Labute approximate surface area is 152 Å². The van der Waals surface area contributed by atoms with E-state index < -0.39 is 12.0 Å². The Morgan fingerprint density at radius 2 is 1.73 bits per heavy atom. The van der Waals surface area contributed by atoms with Gasteiger partial charge in [0, 0.05) is 18.9 Å². The average Bonchev–Trinajstić information content (AvgIpc) is 3.15. The minimum atomic E-state index is -0.778. The van der Waals surface area contributed by atoms with Crippen molar-refractivity contribution in [1.29, 1.82) is 0 Å². The SMILES string of the molecule is CC(C)CN1C(=O)[C@@H]2[C@H](ON(c3ccccc3)[C@@H]2c2ccncc2)C1=O. The molecule has 4 rings (SSSR count). The molecule has 0 radical (unpaired) electrons. The van der Waals surface area contributed by atoms with E-state index in [0.29, 0.717) is 6.54 Å². The Morgan fingerprint density at radius 3 is 2.38 bits per heavy atom. The Bertz CT molecular complexity index is 810. The first kappa shape index (κ1) is 16.7. The number of nitrogens with zero attached hydrogens (tertiary/aromatic N) is 3. The van der Waals surface area contributed by atoms with Gasteiger partial charge in [-0.3, -0.25) is 24.3 Å². The van der Waals surface area contributed by atoms with E-state index in [1.807, 2.05) is 56.3 Å². The van der Waals surface area contributed by atoms with Gasteiger partial charge in [-0.15, -0.1) is 0 Å². The van der Waals surface area contributed by atoms with Crippen LogP contribution in [0, 0.1) is 11.8 Å². The highest BCUT2D eigenvalue weighted by Crippen LogP contribution is 2.46. The minimum Gasteiger partial charge on any atom is -0.280 e. The average molecular weight is 351 g/mol. The zero-order valence-electron chi connectivity index (χ0n) is 14.8. The molecule has 0 saturated carbocycles. The number of hydrogen-bond donors (Lipinski definition) is 0. The standard InChI is InChI=1S/C20H21N3O3/c1-13(2)12-22-19(24)16-17(14-8-10-21-11-9-14)23(26-18(16)20(22)25)15-6-4-3-5-7-15/h3-11,13,16-18H,12H2,1-2H3/t16-,17+,18-/m0/s1. The van der Waals surface area contributed by atoms with Crippen molar-refractivity contribution in [3.05, 3.63) is 60.4 Å². The number of aromatic nitrogens is 1. The number of amides is 2.